The lowest BCUT2D eigenvalue weighted by molar-refractivity contribution is -0.134. The van der Waals surface area contributed by atoms with Crippen LogP contribution in [0.4, 0.5) is 5.69 Å². The number of carbonyl (C=O) groups excluding carboxylic acids is 2. The quantitative estimate of drug-likeness (QED) is 0.536. The first-order chi connectivity index (χ1) is 16.1. The molecule has 33 heavy (non-hydrogen) atoms. The minimum atomic E-state index is -0.419. The van der Waals surface area contributed by atoms with E-state index < -0.39 is 5.97 Å². The number of benzene rings is 2. The molecule has 0 saturated carbocycles. The fourth-order valence-corrected chi connectivity index (χ4v) is 5.63. The number of rotatable bonds is 5. The molecule has 0 unspecified atom stereocenters. The van der Waals surface area contributed by atoms with Crippen LogP contribution in [0.25, 0.3) is 10.4 Å². The summed E-state index contributed by atoms with van der Waals surface area (Å²) in [5, 5.41) is 0. The zero-order valence-electron chi connectivity index (χ0n) is 18.6. The molecular weight excluding hydrogens is 436 g/mol. The number of ether oxygens (including phenoxy) is 2. The van der Waals surface area contributed by atoms with Gasteiger partial charge in [-0.15, -0.1) is 11.3 Å². The van der Waals surface area contributed by atoms with Gasteiger partial charge in [0.15, 0.2) is 6.61 Å². The summed E-state index contributed by atoms with van der Waals surface area (Å²) in [5.74, 6) is 0.256. The number of methoxy groups -OCH3 is 1. The van der Waals surface area contributed by atoms with Crippen LogP contribution < -0.4 is 9.64 Å². The third kappa shape index (κ3) is 4.46. The summed E-state index contributed by atoms with van der Waals surface area (Å²) in [6, 6.07) is 18.2. The maximum Gasteiger partial charge on any atom is 0.348 e. The summed E-state index contributed by atoms with van der Waals surface area (Å²) < 4.78 is 10.6. The average Bonchev–Trinajstić information content (AvgIpc) is 3.32. The van der Waals surface area contributed by atoms with Gasteiger partial charge in [0.05, 0.1) is 7.11 Å². The van der Waals surface area contributed by atoms with Crippen LogP contribution in [0.1, 0.15) is 20.8 Å². The average molecular weight is 463 g/mol. The highest BCUT2D eigenvalue weighted by molar-refractivity contribution is 7.17. The van der Waals surface area contributed by atoms with Crippen molar-refractivity contribution < 1.29 is 19.1 Å². The first-order valence-corrected chi connectivity index (χ1v) is 12.0. The molecule has 6 nitrogen and oxygen atoms in total. The van der Waals surface area contributed by atoms with Gasteiger partial charge < -0.3 is 19.3 Å². The maximum absolute atomic E-state index is 12.7. The normalized spacial score (nSPS) is 14.9. The van der Waals surface area contributed by atoms with Crippen molar-refractivity contribution >= 4 is 28.9 Å². The Kier molecular flexibility index (Phi) is 6.05. The molecule has 2 heterocycles. The molecule has 1 aliphatic carbocycles. The lowest BCUT2D eigenvalue weighted by Gasteiger charge is -2.36. The highest BCUT2D eigenvalue weighted by atomic mass is 32.1. The molecule has 1 amide bonds. The number of hydrogen-bond acceptors (Lipinski definition) is 6. The molecular formula is C26H26N2O4S. The molecule has 1 fully saturated rings. The highest BCUT2D eigenvalue weighted by Crippen LogP contribution is 2.39. The van der Waals surface area contributed by atoms with Crippen LogP contribution in [0.3, 0.4) is 0 Å². The van der Waals surface area contributed by atoms with Crippen LogP contribution in [-0.4, -0.2) is 56.7 Å². The van der Waals surface area contributed by atoms with Crippen molar-refractivity contribution in [3.8, 4) is 16.2 Å². The summed E-state index contributed by atoms with van der Waals surface area (Å²) in [6.07, 6.45) is 1.91. The van der Waals surface area contributed by atoms with Gasteiger partial charge in [-0.05, 0) is 59.9 Å². The smallest absolute Gasteiger partial charge is 0.348 e. The minimum absolute atomic E-state index is 0.149. The molecule has 2 aromatic carbocycles. The third-order valence-electron chi connectivity index (χ3n) is 6.33. The van der Waals surface area contributed by atoms with Crippen molar-refractivity contribution in [3.63, 3.8) is 0 Å². The second kappa shape index (κ2) is 9.27. The highest BCUT2D eigenvalue weighted by Gasteiger charge is 2.25. The van der Waals surface area contributed by atoms with Crippen LogP contribution in [0.2, 0.25) is 0 Å². The summed E-state index contributed by atoms with van der Waals surface area (Å²) in [5.41, 5.74) is 4.81. The van der Waals surface area contributed by atoms with Crippen molar-refractivity contribution in [2.75, 3.05) is 44.8 Å². The van der Waals surface area contributed by atoms with Gasteiger partial charge in [0.1, 0.15) is 10.6 Å². The number of aryl methyl sites for hydroxylation is 2. The van der Waals surface area contributed by atoms with Gasteiger partial charge >= 0.3 is 5.97 Å². The number of nitrogens with zero attached hydrogens (tertiary/aromatic N) is 2. The van der Waals surface area contributed by atoms with Crippen molar-refractivity contribution in [1.82, 2.24) is 4.90 Å². The maximum atomic E-state index is 12.7. The Hall–Kier alpha value is -3.32. The summed E-state index contributed by atoms with van der Waals surface area (Å²) in [7, 11) is 1.65. The molecule has 5 rings (SSSR count). The molecule has 1 aliphatic heterocycles. The minimum Gasteiger partial charge on any atom is -0.497 e. The molecule has 170 valence electrons. The number of amides is 1. The van der Waals surface area contributed by atoms with Crippen molar-refractivity contribution in [1.29, 1.82) is 0 Å². The van der Waals surface area contributed by atoms with Gasteiger partial charge in [-0.3, -0.25) is 4.79 Å². The largest absolute Gasteiger partial charge is 0.497 e. The molecule has 2 aliphatic rings. The molecule has 7 heteroatoms. The van der Waals surface area contributed by atoms with E-state index in [1.807, 2.05) is 36.4 Å². The fraction of sp³-hybridized carbons (Fsp3) is 0.308. The SMILES string of the molecule is COc1ccc(N2CCN(C(=O)COC(=O)c3cc4c(s3)-c3ccccc3CC4)CC2)cc1. The molecule has 0 bridgehead atoms. The van der Waals surface area contributed by atoms with E-state index >= 15 is 0 Å². The van der Waals surface area contributed by atoms with Crippen molar-refractivity contribution in [2.45, 2.75) is 12.8 Å². The zero-order chi connectivity index (χ0) is 22.8. The van der Waals surface area contributed by atoms with E-state index in [9.17, 15) is 9.59 Å². The molecule has 0 N–H and O–H groups in total. The number of esters is 1. The van der Waals surface area contributed by atoms with E-state index in [4.69, 9.17) is 9.47 Å². The first-order valence-electron chi connectivity index (χ1n) is 11.2. The van der Waals surface area contributed by atoms with Crippen molar-refractivity contribution in [2.24, 2.45) is 0 Å². The van der Waals surface area contributed by atoms with E-state index in [-0.39, 0.29) is 12.5 Å². The lowest BCUT2D eigenvalue weighted by Crippen LogP contribution is -2.49. The Labute approximate surface area is 197 Å². The molecule has 3 aromatic rings. The summed E-state index contributed by atoms with van der Waals surface area (Å²) >= 11 is 1.46. The van der Waals surface area contributed by atoms with Crippen LogP contribution in [0.15, 0.2) is 54.6 Å². The molecule has 1 saturated heterocycles. The predicted molar refractivity (Wildman–Crippen MR) is 129 cm³/mol. The Morgan fingerprint density at radius 1 is 0.939 bits per heavy atom. The molecule has 0 spiro atoms. The Bertz CT molecular complexity index is 1160. The van der Waals surface area contributed by atoms with E-state index in [1.165, 1.54) is 28.0 Å². The third-order valence-corrected chi connectivity index (χ3v) is 7.52. The van der Waals surface area contributed by atoms with Gasteiger partial charge in [-0.2, -0.15) is 0 Å². The van der Waals surface area contributed by atoms with Gasteiger partial charge in [-0.1, -0.05) is 24.3 Å². The van der Waals surface area contributed by atoms with Gasteiger partial charge in [0.2, 0.25) is 0 Å². The predicted octanol–water partition coefficient (Wildman–Crippen LogP) is 4.03. The summed E-state index contributed by atoms with van der Waals surface area (Å²) in [4.78, 5) is 31.0. The second-order valence-corrected chi connectivity index (χ2v) is 9.32. The standard InChI is InChI=1S/C26H26N2O4S/c1-31-21-10-8-20(9-11-21)27-12-14-28(15-13-27)24(29)17-32-26(30)23-16-19-7-6-18-4-2-3-5-22(18)25(19)33-23/h2-5,8-11,16H,6-7,12-15,17H2,1H3. The van der Waals surface area contributed by atoms with Gasteiger partial charge in [-0.25, -0.2) is 4.79 Å². The zero-order valence-corrected chi connectivity index (χ0v) is 19.4. The van der Waals surface area contributed by atoms with Gasteiger partial charge in [0.25, 0.3) is 5.91 Å². The Morgan fingerprint density at radius 2 is 1.67 bits per heavy atom. The number of piperazine rings is 1. The van der Waals surface area contributed by atoms with E-state index in [0.29, 0.717) is 18.0 Å². The monoisotopic (exact) mass is 462 g/mol. The van der Waals surface area contributed by atoms with Crippen LogP contribution in [0.5, 0.6) is 5.75 Å². The molecule has 1 aromatic heterocycles. The Balaban J connectivity index is 1.14. The van der Waals surface area contributed by atoms with E-state index in [0.717, 1.165) is 42.2 Å². The lowest BCUT2D eigenvalue weighted by atomic mass is 9.91. The number of hydrogen-bond donors (Lipinski definition) is 0. The second-order valence-electron chi connectivity index (χ2n) is 8.26. The van der Waals surface area contributed by atoms with Crippen LogP contribution in [0, 0.1) is 0 Å². The van der Waals surface area contributed by atoms with E-state index in [2.05, 4.69) is 23.1 Å². The fourth-order valence-electron chi connectivity index (χ4n) is 4.47. The Morgan fingerprint density at radius 3 is 2.42 bits per heavy atom. The number of thiophene rings is 1. The number of anilines is 1. The first kappa shape index (κ1) is 21.5. The number of fused-ring (bicyclic) bond motifs is 3. The molecule has 0 atom stereocenters. The molecule has 0 radical (unpaired) electrons. The number of carbonyl (C=O) groups is 2. The topological polar surface area (TPSA) is 59.1 Å². The van der Waals surface area contributed by atoms with Crippen LogP contribution in [-0.2, 0) is 22.4 Å². The van der Waals surface area contributed by atoms with Crippen LogP contribution >= 0.6 is 11.3 Å². The van der Waals surface area contributed by atoms with Crippen molar-refractivity contribution in [3.05, 3.63) is 70.6 Å². The van der Waals surface area contributed by atoms with Gasteiger partial charge in [0, 0.05) is 36.7 Å². The van der Waals surface area contributed by atoms with E-state index in [1.54, 1.807) is 12.0 Å². The summed E-state index contributed by atoms with van der Waals surface area (Å²) in [6.45, 7) is 2.46.